The number of benzene rings is 2. The lowest BCUT2D eigenvalue weighted by Gasteiger charge is -2.08. The molecule has 0 bridgehead atoms. The van der Waals surface area contributed by atoms with Crippen molar-refractivity contribution in [2.24, 2.45) is 4.99 Å². The Bertz CT molecular complexity index is 1260. The van der Waals surface area contributed by atoms with E-state index in [4.69, 9.17) is 5.11 Å². The number of aliphatic hydroxyl groups is 1. The zero-order chi connectivity index (χ0) is 28.1. The monoisotopic (exact) mass is 574 g/mol. The van der Waals surface area contributed by atoms with Gasteiger partial charge in [-0.25, -0.2) is 4.39 Å². The Kier molecular flexibility index (Phi) is 15.1. The van der Waals surface area contributed by atoms with Crippen molar-refractivity contribution in [2.45, 2.75) is 0 Å². The average molecular weight is 575 g/mol. The minimum atomic E-state index is -0.346. The van der Waals surface area contributed by atoms with Crippen LogP contribution >= 0.6 is 21.6 Å². The Morgan fingerprint density at radius 1 is 0.825 bits per heavy atom. The van der Waals surface area contributed by atoms with Gasteiger partial charge in [-0.3, -0.25) is 9.98 Å². The van der Waals surface area contributed by atoms with Crippen molar-refractivity contribution in [3.8, 4) is 0 Å². The third-order valence-corrected chi connectivity index (χ3v) is 7.70. The molecule has 0 radical (unpaired) electrons. The van der Waals surface area contributed by atoms with Crippen molar-refractivity contribution >= 4 is 57.4 Å². The molecule has 0 unspecified atom stereocenters. The highest BCUT2D eigenvalue weighted by Gasteiger charge is 1.96. The molecular formula is C32H35FN4OS2. The number of hydrogen-bond acceptors (Lipinski definition) is 7. The quantitative estimate of drug-likeness (QED) is 0.0666. The fourth-order valence-electron chi connectivity index (χ4n) is 3.29. The number of anilines is 2. The van der Waals surface area contributed by atoms with Gasteiger partial charge in [-0.1, -0.05) is 70.1 Å². The van der Waals surface area contributed by atoms with Crippen LogP contribution in [0.2, 0.25) is 0 Å². The number of aliphatic hydroxyl groups excluding tert-OH is 1. The van der Waals surface area contributed by atoms with Crippen molar-refractivity contribution in [2.75, 3.05) is 48.4 Å². The van der Waals surface area contributed by atoms with Gasteiger partial charge in [0.2, 0.25) is 0 Å². The first-order valence-electron chi connectivity index (χ1n) is 13.1. The number of nitrogens with zero attached hydrogens (tertiary/aromatic N) is 2. The van der Waals surface area contributed by atoms with Crippen LogP contribution in [0.15, 0.2) is 108 Å². The largest absolute Gasteiger partial charge is 0.394 e. The molecule has 8 heteroatoms. The normalized spacial score (nSPS) is 12.3. The van der Waals surface area contributed by atoms with Gasteiger partial charge in [0.25, 0.3) is 0 Å². The number of hydrogen-bond donors (Lipinski definition) is 3. The highest BCUT2D eigenvalue weighted by Crippen LogP contribution is 2.21. The molecule has 2 aromatic carbocycles. The Morgan fingerprint density at radius 2 is 1.48 bits per heavy atom. The van der Waals surface area contributed by atoms with E-state index in [-0.39, 0.29) is 12.4 Å². The molecule has 5 nitrogen and oxygen atoms in total. The fraction of sp³-hybridized carbons (Fsp3) is 0.188. The second-order valence-corrected chi connectivity index (χ2v) is 11.1. The van der Waals surface area contributed by atoms with Crippen LogP contribution in [0.5, 0.6) is 0 Å². The molecule has 3 aromatic rings. The number of aliphatic imine (C=N–C) groups is 1. The first-order valence-corrected chi connectivity index (χ1v) is 15.5. The molecule has 0 amide bonds. The molecule has 3 rings (SSSR count). The molecule has 0 aliphatic heterocycles. The van der Waals surface area contributed by atoms with Crippen molar-refractivity contribution in [3.05, 3.63) is 120 Å². The second kappa shape index (κ2) is 19.5. The number of nitrogens with one attached hydrogen (secondary N) is 2. The molecule has 1 heterocycles. The Morgan fingerprint density at radius 3 is 2.08 bits per heavy atom. The van der Waals surface area contributed by atoms with Crippen LogP contribution in [-0.2, 0) is 0 Å². The summed E-state index contributed by atoms with van der Waals surface area (Å²) in [5, 5.41) is 15.5. The maximum Gasteiger partial charge on any atom is 0.123 e. The van der Waals surface area contributed by atoms with Gasteiger partial charge in [-0.05, 0) is 71.8 Å². The van der Waals surface area contributed by atoms with Crippen molar-refractivity contribution in [3.63, 3.8) is 0 Å². The minimum absolute atomic E-state index is 0.00624. The van der Waals surface area contributed by atoms with Gasteiger partial charge < -0.3 is 15.7 Å². The first kappa shape index (κ1) is 30.9. The van der Waals surface area contributed by atoms with E-state index < -0.39 is 0 Å². The summed E-state index contributed by atoms with van der Waals surface area (Å²) in [6.45, 7) is 2.14. The Labute approximate surface area is 244 Å². The van der Waals surface area contributed by atoms with E-state index in [1.54, 1.807) is 24.4 Å². The molecule has 0 aliphatic rings. The number of allylic oxidation sites excluding steroid dienone is 5. The van der Waals surface area contributed by atoms with Gasteiger partial charge in [0, 0.05) is 48.4 Å². The summed E-state index contributed by atoms with van der Waals surface area (Å²) < 4.78 is 13.9. The van der Waals surface area contributed by atoms with Crippen molar-refractivity contribution in [1.29, 1.82) is 0 Å². The lowest BCUT2D eigenvalue weighted by Crippen LogP contribution is -2.05. The van der Waals surface area contributed by atoms with Gasteiger partial charge in [0.15, 0.2) is 0 Å². The molecule has 208 valence electrons. The summed E-state index contributed by atoms with van der Waals surface area (Å²) in [5.41, 5.74) is 5.19. The van der Waals surface area contributed by atoms with Crippen molar-refractivity contribution in [1.82, 2.24) is 4.98 Å². The van der Waals surface area contributed by atoms with E-state index in [1.807, 2.05) is 70.1 Å². The van der Waals surface area contributed by atoms with E-state index in [9.17, 15) is 4.39 Å². The molecule has 0 spiro atoms. The molecule has 1 aromatic heterocycles. The summed E-state index contributed by atoms with van der Waals surface area (Å²) in [4.78, 5) is 8.21. The second-order valence-electron chi connectivity index (χ2n) is 8.38. The molecule has 0 fully saturated rings. The van der Waals surface area contributed by atoms with Gasteiger partial charge in [0.1, 0.15) is 5.83 Å². The predicted octanol–water partition coefficient (Wildman–Crippen LogP) is 7.64. The molecule has 0 saturated carbocycles. The fourth-order valence-corrected chi connectivity index (χ4v) is 5.11. The third kappa shape index (κ3) is 13.5. The smallest absolute Gasteiger partial charge is 0.123 e. The molecule has 0 aliphatic carbocycles. The number of halogens is 1. The average Bonchev–Trinajstić information content (AvgIpc) is 3.00. The molecular weight excluding hydrogens is 540 g/mol. The van der Waals surface area contributed by atoms with Crippen LogP contribution in [0.25, 0.3) is 18.2 Å². The van der Waals surface area contributed by atoms with Crippen LogP contribution in [0, 0.1) is 0 Å². The number of rotatable bonds is 17. The molecule has 0 saturated heterocycles. The van der Waals surface area contributed by atoms with E-state index in [1.165, 1.54) is 18.4 Å². The van der Waals surface area contributed by atoms with Gasteiger partial charge >= 0.3 is 0 Å². The zero-order valence-electron chi connectivity index (χ0n) is 22.3. The van der Waals surface area contributed by atoms with Crippen LogP contribution in [0.4, 0.5) is 15.8 Å². The van der Waals surface area contributed by atoms with E-state index in [0.29, 0.717) is 6.54 Å². The molecule has 0 atom stereocenters. The van der Waals surface area contributed by atoms with Gasteiger partial charge in [-0.15, -0.1) is 0 Å². The van der Waals surface area contributed by atoms with E-state index >= 15 is 0 Å². The summed E-state index contributed by atoms with van der Waals surface area (Å²) in [7, 11) is 3.72. The van der Waals surface area contributed by atoms with Crippen LogP contribution in [0.3, 0.4) is 0 Å². The van der Waals surface area contributed by atoms with Gasteiger partial charge in [0.05, 0.1) is 18.8 Å². The topological polar surface area (TPSA) is 69.5 Å². The molecule has 3 N–H and O–H groups in total. The predicted molar refractivity (Wildman–Crippen MR) is 176 cm³/mol. The highest BCUT2D eigenvalue weighted by molar-refractivity contribution is 8.76. The Hall–Kier alpha value is -3.59. The Balaban J connectivity index is 1.24. The summed E-state index contributed by atoms with van der Waals surface area (Å²) in [6.07, 6.45) is 15.1. The summed E-state index contributed by atoms with van der Waals surface area (Å²) >= 11 is 0. The summed E-state index contributed by atoms with van der Waals surface area (Å²) in [5.74, 6) is 1.67. The first-order chi connectivity index (χ1) is 19.7. The van der Waals surface area contributed by atoms with E-state index in [2.05, 4.69) is 51.0 Å². The maximum atomic E-state index is 13.9. The lowest BCUT2D eigenvalue weighted by molar-refractivity contribution is 0.307. The summed E-state index contributed by atoms with van der Waals surface area (Å²) in [6, 6.07) is 22.2. The highest BCUT2D eigenvalue weighted by atomic mass is 33.1. The zero-order valence-corrected chi connectivity index (χ0v) is 24.0. The van der Waals surface area contributed by atoms with Crippen LogP contribution < -0.4 is 10.6 Å². The third-order valence-electron chi connectivity index (χ3n) is 5.29. The molecule has 40 heavy (non-hydrogen) atoms. The number of pyridine rings is 1. The van der Waals surface area contributed by atoms with Crippen LogP contribution in [-0.4, -0.2) is 54.1 Å². The van der Waals surface area contributed by atoms with Crippen LogP contribution in [0.1, 0.15) is 16.8 Å². The van der Waals surface area contributed by atoms with Crippen molar-refractivity contribution < 1.29 is 9.50 Å². The number of aromatic nitrogens is 1. The van der Waals surface area contributed by atoms with Gasteiger partial charge in [-0.2, -0.15) is 0 Å². The van der Waals surface area contributed by atoms with E-state index in [0.717, 1.165) is 52.8 Å². The standard InChI is InChI=1S/C32H35FN4OS2/c33-29(5-1-3-19-34-21-24-38)13-7-27-9-15-31(16-10-27)36-22-25-39-40-26-23-37-32-17-11-28(12-18-32)8-14-30-6-2-4-20-35-30/h1-20,36-38H,21-26H2/b3-1-,13-7+,14-8+,29-5-,34-19+. The SMILES string of the molecule is OCC/N=C/C=C\C=C(F)\C=C\c1ccc(NCCSSCCNc2ccc(/C=C/c3ccccn3)cc2)cc1. The minimum Gasteiger partial charge on any atom is -0.394 e. The lowest BCUT2D eigenvalue weighted by atomic mass is 10.2. The maximum absolute atomic E-state index is 13.9.